The summed E-state index contributed by atoms with van der Waals surface area (Å²) in [5.41, 5.74) is 0.628. The highest BCUT2D eigenvalue weighted by Crippen LogP contribution is 2.69. The van der Waals surface area contributed by atoms with Crippen LogP contribution in [0.15, 0.2) is 0 Å². The van der Waals surface area contributed by atoms with E-state index in [2.05, 4.69) is 33.0 Å². The lowest BCUT2D eigenvalue weighted by Crippen LogP contribution is -2.33. The first-order valence-electron chi connectivity index (χ1n) is 6.78. The summed E-state index contributed by atoms with van der Waals surface area (Å²) in [6.07, 6.45) is 5.39. The van der Waals surface area contributed by atoms with Crippen LogP contribution in [-0.4, -0.2) is 23.8 Å². The maximum Gasteiger partial charge on any atom is 0.0694 e. The van der Waals surface area contributed by atoms with Gasteiger partial charge in [0.25, 0.3) is 0 Å². The summed E-state index contributed by atoms with van der Waals surface area (Å²) in [5.74, 6) is 0.852. The topological polar surface area (TPSA) is 21.3 Å². The fraction of sp³-hybridized carbons (Fsp3) is 1.00. The minimum absolute atomic E-state index is 0.0758. The summed E-state index contributed by atoms with van der Waals surface area (Å²) in [7, 11) is 0. The second-order valence-electron chi connectivity index (χ2n) is 7.29. The van der Waals surface area contributed by atoms with E-state index < -0.39 is 0 Å². The predicted molar refractivity (Wildman–Crippen MR) is 65.4 cm³/mol. The second-order valence-corrected chi connectivity index (χ2v) is 7.29. The molecule has 2 aliphatic carbocycles. The lowest BCUT2D eigenvalue weighted by atomic mass is 9.82. The van der Waals surface area contributed by atoms with Gasteiger partial charge in [0.1, 0.15) is 0 Å². The van der Waals surface area contributed by atoms with E-state index >= 15 is 0 Å². The fourth-order valence-corrected chi connectivity index (χ4v) is 4.00. The van der Waals surface area contributed by atoms with Gasteiger partial charge in [0, 0.05) is 11.5 Å². The maximum absolute atomic E-state index is 6.24. The van der Waals surface area contributed by atoms with Gasteiger partial charge in [0.05, 0.1) is 11.2 Å². The highest BCUT2D eigenvalue weighted by atomic mass is 16.5. The Kier molecular flexibility index (Phi) is 2.09. The molecule has 1 saturated heterocycles. The molecule has 1 spiro atoms. The van der Waals surface area contributed by atoms with Crippen LogP contribution in [0.3, 0.4) is 0 Å². The van der Waals surface area contributed by atoms with E-state index in [9.17, 15) is 0 Å². The molecule has 1 aliphatic heterocycles. The third-order valence-electron chi connectivity index (χ3n) is 4.93. The Labute approximate surface area is 99.1 Å². The van der Waals surface area contributed by atoms with E-state index in [1.807, 2.05) is 0 Å². The first kappa shape index (κ1) is 11.0. The third kappa shape index (κ3) is 1.62. The number of ether oxygens (including phenoxy) is 1. The monoisotopic (exact) mass is 223 g/mol. The van der Waals surface area contributed by atoms with Crippen molar-refractivity contribution in [2.45, 2.75) is 70.6 Å². The largest absolute Gasteiger partial charge is 0.369 e. The Hall–Kier alpha value is -0.0800. The van der Waals surface area contributed by atoms with Crippen molar-refractivity contribution in [1.29, 1.82) is 0 Å². The zero-order chi connectivity index (χ0) is 11.6. The van der Waals surface area contributed by atoms with Gasteiger partial charge in [-0.3, -0.25) is 0 Å². The maximum atomic E-state index is 6.24. The summed E-state index contributed by atoms with van der Waals surface area (Å²) in [6.45, 7) is 10.3. The minimum Gasteiger partial charge on any atom is -0.369 e. The molecule has 16 heavy (non-hydrogen) atoms. The van der Waals surface area contributed by atoms with E-state index in [0.29, 0.717) is 5.41 Å². The van der Waals surface area contributed by atoms with Crippen LogP contribution in [0.2, 0.25) is 0 Å². The van der Waals surface area contributed by atoms with Crippen molar-refractivity contribution in [3.8, 4) is 0 Å². The van der Waals surface area contributed by atoms with Crippen molar-refractivity contribution in [3.63, 3.8) is 0 Å². The molecule has 3 fully saturated rings. The smallest absolute Gasteiger partial charge is 0.0694 e. The van der Waals surface area contributed by atoms with Gasteiger partial charge >= 0.3 is 0 Å². The molecule has 2 heteroatoms. The Morgan fingerprint density at radius 2 is 1.88 bits per heavy atom. The van der Waals surface area contributed by atoms with Crippen LogP contribution in [0.1, 0.15) is 53.4 Å². The lowest BCUT2D eigenvalue weighted by Gasteiger charge is -2.28. The molecule has 0 amide bonds. The highest BCUT2D eigenvalue weighted by Gasteiger charge is 2.69. The summed E-state index contributed by atoms with van der Waals surface area (Å²) in [6, 6.07) is 0.844. The summed E-state index contributed by atoms with van der Waals surface area (Å²) >= 11 is 0. The van der Waals surface area contributed by atoms with Crippen molar-refractivity contribution >= 4 is 0 Å². The molecule has 2 atom stereocenters. The van der Waals surface area contributed by atoms with Gasteiger partial charge in [0.2, 0.25) is 0 Å². The molecule has 3 aliphatic rings. The molecule has 2 nitrogen and oxygen atoms in total. The number of rotatable bonds is 3. The SMILES string of the molecule is CC1(C)CC2(CC2CNC2CC2)C(C)(C)O1. The average Bonchev–Trinajstić information content (AvgIpc) is 2.91. The number of nitrogens with one attached hydrogen (secondary N) is 1. The van der Waals surface area contributed by atoms with E-state index in [0.717, 1.165) is 12.0 Å². The summed E-state index contributed by atoms with van der Waals surface area (Å²) in [5, 5.41) is 3.68. The minimum atomic E-state index is 0.0758. The molecule has 0 radical (unpaired) electrons. The fourth-order valence-electron chi connectivity index (χ4n) is 4.00. The average molecular weight is 223 g/mol. The zero-order valence-electron chi connectivity index (χ0n) is 11.1. The standard InChI is InChI=1S/C14H25NO/c1-12(2)9-14(13(3,4)16-12)7-10(14)8-15-11-5-6-11/h10-11,15H,5-9H2,1-4H3. The molecular formula is C14H25NO. The van der Waals surface area contributed by atoms with Crippen molar-refractivity contribution in [1.82, 2.24) is 5.32 Å². The van der Waals surface area contributed by atoms with Gasteiger partial charge in [-0.1, -0.05) is 0 Å². The first-order chi connectivity index (χ1) is 7.35. The van der Waals surface area contributed by atoms with Crippen LogP contribution in [-0.2, 0) is 4.74 Å². The Bertz CT molecular complexity index is 306. The summed E-state index contributed by atoms with van der Waals surface area (Å²) < 4.78 is 6.24. The molecule has 92 valence electrons. The summed E-state index contributed by atoms with van der Waals surface area (Å²) in [4.78, 5) is 0. The van der Waals surface area contributed by atoms with Gasteiger partial charge in [0.15, 0.2) is 0 Å². The van der Waals surface area contributed by atoms with E-state index in [4.69, 9.17) is 4.74 Å². The molecule has 2 unspecified atom stereocenters. The van der Waals surface area contributed by atoms with Crippen molar-refractivity contribution in [2.24, 2.45) is 11.3 Å². The Balaban J connectivity index is 1.65. The van der Waals surface area contributed by atoms with Gasteiger partial charge < -0.3 is 10.1 Å². The van der Waals surface area contributed by atoms with Gasteiger partial charge in [-0.2, -0.15) is 0 Å². The van der Waals surface area contributed by atoms with Crippen molar-refractivity contribution in [3.05, 3.63) is 0 Å². The van der Waals surface area contributed by atoms with E-state index in [1.165, 1.54) is 32.2 Å². The van der Waals surface area contributed by atoms with Crippen LogP contribution in [0.5, 0.6) is 0 Å². The second kappa shape index (κ2) is 3.02. The molecule has 2 saturated carbocycles. The van der Waals surface area contributed by atoms with Gasteiger partial charge in [-0.05, 0) is 65.8 Å². The molecular weight excluding hydrogens is 198 g/mol. The normalized spacial score (nSPS) is 43.9. The zero-order valence-corrected chi connectivity index (χ0v) is 11.1. The predicted octanol–water partition coefficient (Wildman–Crippen LogP) is 2.72. The molecule has 1 heterocycles. The number of hydrogen-bond donors (Lipinski definition) is 1. The Morgan fingerprint density at radius 3 is 2.38 bits per heavy atom. The van der Waals surface area contributed by atoms with Gasteiger partial charge in [-0.15, -0.1) is 0 Å². The molecule has 0 bridgehead atoms. The molecule has 0 aromatic heterocycles. The van der Waals surface area contributed by atoms with Crippen LogP contribution in [0.4, 0.5) is 0 Å². The lowest BCUT2D eigenvalue weighted by molar-refractivity contribution is -0.0798. The van der Waals surface area contributed by atoms with Crippen LogP contribution in [0.25, 0.3) is 0 Å². The van der Waals surface area contributed by atoms with Crippen LogP contribution >= 0.6 is 0 Å². The Morgan fingerprint density at radius 1 is 1.19 bits per heavy atom. The number of hydrogen-bond acceptors (Lipinski definition) is 2. The van der Waals surface area contributed by atoms with Crippen molar-refractivity contribution in [2.75, 3.05) is 6.54 Å². The van der Waals surface area contributed by atoms with E-state index in [-0.39, 0.29) is 11.2 Å². The van der Waals surface area contributed by atoms with Crippen molar-refractivity contribution < 1.29 is 4.74 Å². The van der Waals surface area contributed by atoms with Crippen LogP contribution < -0.4 is 5.32 Å². The molecule has 1 N–H and O–H groups in total. The molecule has 3 rings (SSSR count). The third-order valence-corrected chi connectivity index (χ3v) is 4.93. The quantitative estimate of drug-likeness (QED) is 0.794. The van der Waals surface area contributed by atoms with Gasteiger partial charge in [-0.25, -0.2) is 0 Å². The first-order valence-corrected chi connectivity index (χ1v) is 6.78. The van der Waals surface area contributed by atoms with Crippen LogP contribution in [0, 0.1) is 11.3 Å². The van der Waals surface area contributed by atoms with E-state index in [1.54, 1.807) is 0 Å². The molecule has 0 aromatic rings. The highest BCUT2D eigenvalue weighted by molar-refractivity contribution is 5.18. The molecule has 0 aromatic carbocycles.